The number of halogens is 1. The second-order valence-corrected chi connectivity index (χ2v) is 9.48. The number of carbonyl (C=O) groups excluding carboxylic acids is 2. The van der Waals surface area contributed by atoms with Crippen LogP contribution in [-0.4, -0.2) is 23.4 Å². The Morgan fingerprint density at radius 1 is 1.00 bits per heavy atom. The van der Waals surface area contributed by atoms with E-state index in [1.807, 2.05) is 31.2 Å². The van der Waals surface area contributed by atoms with Crippen LogP contribution < -0.4 is 9.64 Å². The van der Waals surface area contributed by atoms with Crippen LogP contribution in [-0.2, 0) is 15.0 Å². The van der Waals surface area contributed by atoms with E-state index >= 15 is 0 Å². The summed E-state index contributed by atoms with van der Waals surface area (Å²) in [6.07, 6.45) is 0. The number of hydrogen-bond acceptors (Lipinski definition) is 4. The molecule has 1 aliphatic rings. The van der Waals surface area contributed by atoms with E-state index in [2.05, 4.69) is 20.8 Å². The number of Topliss-reactive ketones (excluding diaryl/α,β-unsaturated/α-hetero) is 1. The first-order chi connectivity index (χ1) is 16.6. The van der Waals surface area contributed by atoms with Crippen LogP contribution in [0.2, 0.25) is 0 Å². The molecular formula is C29H28FNO4. The number of hydrogen-bond donors (Lipinski definition) is 1. The van der Waals surface area contributed by atoms with Gasteiger partial charge in [-0.05, 0) is 59.9 Å². The number of anilines is 1. The Kier molecular flexibility index (Phi) is 6.48. The van der Waals surface area contributed by atoms with Gasteiger partial charge in [-0.15, -0.1) is 0 Å². The molecule has 1 saturated heterocycles. The summed E-state index contributed by atoms with van der Waals surface area (Å²) in [5, 5.41) is 11.2. The van der Waals surface area contributed by atoms with Crippen molar-refractivity contribution >= 4 is 23.1 Å². The Labute approximate surface area is 204 Å². The smallest absolute Gasteiger partial charge is 0.300 e. The topological polar surface area (TPSA) is 66.8 Å². The molecule has 1 N–H and O–H groups in total. The predicted molar refractivity (Wildman–Crippen MR) is 134 cm³/mol. The van der Waals surface area contributed by atoms with Crippen molar-refractivity contribution in [1.82, 2.24) is 0 Å². The molecule has 0 aromatic heterocycles. The van der Waals surface area contributed by atoms with Gasteiger partial charge in [-0.1, -0.05) is 51.1 Å². The van der Waals surface area contributed by atoms with E-state index < -0.39 is 23.5 Å². The summed E-state index contributed by atoms with van der Waals surface area (Å²) in [5.41, 5.74) is 2.36. The summed E-state index contributed by atoms with van der Waals surface area (Å²) < 4.78 is 19.1. The SMILES string of the molecule is CCOc1cccc(N2C(=O)C(=O)/C(=C(/O)c3ccc(F)cc3)C2c2ccc(C(C)(C)C)cc2)c1. The van der Waals surface area contributed by atoms with Crippen LogP contribution >= 0.6 is 0 Å². The zero-order valence-corrected chi connectivity index (χ0v) is 20.2. The average Bonchev–Trinajstić information content (AvgIpc) is 3.09. The van der Waals surface area contributed by atoms with E-state index in [0.29, 0.717) is 23.6 Å². The molecule has 3 aromatic rings. The highest BCUT2D eigenvalue weighted by atomic mass is 19.1. The van der Waals surface area contributed by atoms with E-state index in [9.17, 15) is 19.1 Å². The molecule has 1 aliphatic heterocycles. The van der Waals surface area contributed by atoms with Gasteiger partial charge in [-0.25, -0.2) is 4.39 Å². The van der Waals surface area contributed by atoms with Crippen LogP contribution in [0.25, 0.3) is 5.76 Å². The number of amides is 1. The quantitative estimate of drug-likeness (QED) is 0.274. The van der Waals surface area contributed by atoms with Gasteiger partial charge >= 0.3 is 0 Å². The number of rotatable bonds is 5. The van der Waals surface area contributed by atoms with Gasteiger partial charge in [0.1, 0.15) is 17.3 Å². The summed E-state index contributed by atoms with van der Waals surface area (Å²) in [4.78, 5) is 28.0. The van der Waals surface area contributed by atoms with Gasteiger partial charge in [0.2, 0.25) is 0 Å². The largest absolute Gasteiger partial charge is 0.507 e. The molecule has 0 radical (unpaired) electrons. The fourth-order valence-corrected chi connectivity index (χ4v) is 4.23. The standard InChI is InChI=1S/C29H28FNO4/c1-5-35-23-8-6-7-22(17-23)31-25(18-9-13-20(14-10-18)29(2,3)4)24(27(33)28(31)34)26(32)19-11-15-21(30)16-12-19/h6-17,25,32H,5H2,1-4H3/b26-24+. The van der Waals surface area contributed by atoms with Crippen molar-refractivity contribution in [1.29, 1.82) is 0 Å². The molecule has 6 heteroatoms. The van der Waals surface area contributed by atoms with Crippen molar-refractivity contribution in [3.63, 3.8) is 0 Å². The first-order valence-electron chi connectivity index (χ1n) is 11.5. The maximum atomic E-state index is 13.5. The van der Waals surface area contributed by atoms with Gasteiger partial charge < -0.3 is 9.84 Å². The molecule has 1 fully saturated rings. The maximum Gasteiger partial charge on any atom is 0.300 e. The lowest BCUT2D eigenvalue weighted by Gasteiger charge is -2.27. The summed E-state index contributed by atoms with van der Waals surface area (Å²) in [6.45, 7) is 8.61. The lowest BCUT2D eigenvalue weighted by Crippen LogP contribution is -2.29. The van der Waals surface area contributed by atoms with Crippen molar-refractivity contribution in [2.75, 3.05) is 11.5 Å². The van der Waals surface area contributed by atoms with Crippen LogP contribution in [0.1, 0.15) is 50.4 Å². The van der Waals surface area contributed by atoms with Gasteiger partial charge in [0.05, 0.1) is 18.2 Å². The minimum Gasteiger partial charge on any atom is -0.507 e. The summed E-state index contributed by atoms with van der Waals surface area (Å²) in [7, 11) is 0. The van der Waals surface area contributed by atoms with E-state index in [4.69, 9.17) is 4.74 Å². The second kappa shape index (κ2) is 9.37. The van der Waals surface area contributed by atoms with Crippen molar-refractivity contribution < 1.29 is 23.8 Å². The molecule has 0 spiro atoms. The zero-order valence-electron chi connectivity index (χ0n) is 20.2. The fourth-order valence-electron chi connectivity index (χ4n) is 4.23. The Balaban J connectivity index is 1.91. The van der Waals surface area contributed by atoms with Gasteiger partial charge in [0.15, 0.2) is 0 Å². The van der Waals surface area contributed by atoms with Crippen LogP contribution in [0.5, 0.6) is 5.75 Å². The molecule has 3 aromatic carbocycles. The molecule has 1 heterocycles. The summed E-state index contributed by atoms with van der Waals surface area (Å²) >= 11 is 0. The lowest BCUT2D eigenvalue weighted by atomic mass is 9.85. The van der Waals surface area contributed by atoms with Gasteiger partial charge in [0, 0.05) is 17.3 Å². The third-order valence-corrected chi connectivity index (χ3v) is 6.06. The monoisotopic (exact) mass is 473 g/mol. The van der Waals surface area contributed by atoms with E-state index in [-0.39, 0.29) is 22.3 Å². The van der Waals surface area contributed by atoms with Crippen molar-refractivity contribution in [2.24, 2.45) is 0 Å². The van der Waals surface area contributed by atoms with Crippen molar-refractivity contribution in [2.45, 2.75) is 39.2 Å². The number of aliphatic hydroxyl groups excluding tert-OH is 1. The zero-order chi connectivity index (χ0) is 25.3. The molecule has 1 amide bonds. The van der Waals surface area contributed by atoms with Crippen LogP contribution in [0.3, 0.4) is 0 Å². The lowest BCUT2D eigenvalue weighted by molar-refractivity contribution is -0.132. The number of benzene rings is 3. The average molecular weight is 474 g/mol. The van der Waals surface area contributed by atoms with Crippen molar-refractivity contribution in [3.8, 4) is 5.75 Å². The molecule has 1 atom stereocenters. The molecule has 0 aliphatic carbocycles. The molecule has 0 bridgehead atoms. The van der Waals surface area contributed by atoms with Gasteiger partial charge in [-0.2, -0.15) is 0 Å². The Hall–Kier alpha value is -3.93. The fraction of sp³-hybridized carbons (Fsp3) is 0.241. The Bertz CT molecular complexity index is 1290. The first-order valence-corrected chi connectivity index (χ1v) is 11.5. The van der Waals surface area contributed by atoms with E-state index in [1.54, 1.807) is 24.3 Å². The Morgan fingerprint density at radius 3 is 2.26 bits per heavy atom. The number of ether oxygens (including phenoxy) is 1. The highest BCUT2D eigenvalue weighted by molar-refractivity contribution is 6.51. The minimum atomic E-state index is -0.869. The van der Waals surface area contributed by atoms with Crippen LogP contribution in [0, 0.1) is 5.82 Å². The highest BCUT2D eigenvalue weighted by Gasteiger charge is 2.47. The minimum absolute atomic E-state index is 0.0491. The molecule has 5 nitrogen and oxygen atoms in total. The molecular weight excluding hydrogens is 445 g/mol. The van der Waals surface area contributed by atoms with Crippen LogP contribution in [0.15, 0.2) is 78.4 Å². The van der Waals surface area contributed by atoms with E-state index in [0.717, 1.165) is 5.56 Å². The summed E-state index contributed by atoms with van der Waals surface area (Å²) in [6, 6.07) is 18.9. The third-order valence-electron chi connectivity index (χ3n) is 6.06. The second-order valence-electron chi connectivity index (χ2n) is 9.48. The highest BCUT2D eigenvalue weighted by Crippen LogP contribution is 2.43. The first kappa shape index (κ1) is 24.2. The van der Waals surface area contributed by atoms with Crippen molar-refractivity contribution in [3.05, 3.63) is 101 Å². The molecule has 4 rings (SSSR count). The normalized spacial score (nSPS) is 17.6. The molecule has 1 unspecified atom stereocenters. The van der Waals surface area contributed by atoms with Crippen LogP contribution in [0.4, 0.5) is 10.1 Å². The number of carbonyl (C=O) groups is 2. The molecule has 180 valence electrons. The van der Waals surface area contributed by atoms with Gasteiger partial charge in [-0.3, -0.25) is 14.5 Å². The number of nitrogens with zero attached hydrogens (tertiary/aromatic N) is 1. The predicted octanol–water partition coefficient (Wildman–Crippen LogP) is 6.15. The molecule has 35 heavy (non-hydrogen) atoms. The number of aliphatic hydroxyl groups is 1. The summed E-state index contributed by atoms with van der Waals surface area (Å²) in [5.74, 6) is -1.82. The maximum absolute atomic E-state index is 13.5. The third kappa shape index (κ3) is 4.69. The molecule has 0 saturated carbocycles. The van der Waals surface area contributed by atoms with E-state index in [1.165, 1.54) is 29.2 Å². The van der Waals surface area contributed by atoms with Gasteiger partial charge in [0.25, 0.3) is 11.7 Å². The Morgan fingerprint density at radius 2 is 1.66 bits per heavy atom. The number of ketones is 1.